The van der Waals surface area contributed by atoms with Gasteiger partial charge in [0.1, 0.15) is 6.29 Å². The van der Waals surface area contributed by atoms with E-state index in [4.69, 9.17) is 0 Å². The van der Waals surface area contributed by atoms with Crippen molar-refractivity contribution in [2.75, 3.05) is 0 Å². The predicted octanol–water partition coefficient (Wildman–Crippen LogP) is 6.47. The minimum Gasteiger partial charge on any atom is -0.346 e. The number of nitrogens with zero attached hydrogens (tertiary/aromatic N) is 2. The van der Waals surface area contributed by atoms with Crippen molar-refractivity contribution in [3.8, 4) is 0 Å². The molecule has 2 aliphatic heterocycles. The van der Waals surface area contributed by atoms with Gasteiger partial charge in [-0.15, -0.1) is 0 Å². The van der Waals surface area contributed by atoms with Crippen molar-refractivity contribution >= 4 is 17.2 Å². The molecule has 1 saturated heterocycles. The van der Waals surface area contributed by atoms with Crippen LogP contribution in [0.1, 0.15) is 56.0 Å². The van der Waals surface area contributed by atoms with Crippen LogP contribution in [-0.4, -0.2) is 21.8 Å². The number of para-hydroxylation sites is 1. The smallest absolute Gasteiger partial charge is 0.124 e. The number of hydrogen-bond donors (Lipinski definition) is 0. The maximum atomic E-state index is 12.7. The maximum Gasteiger partial charge on any atom is 0.124 e. The lowest BCUT2D eigenvalue weighted by Gasteiger charge is -2.53. The molecular formula is C30H36N2O. The van der Waals surface area contributed by atoms with Crippen molar-refractivity contribution in [2.45, 2.75) is 58.2 Å². The highest BCUT2D eigenvalue weighted by atomic mass is 16.1. The van der Waals surface area contributed by atoms with Crippen LogP contribution in [0.5, 0.6) is 0 Å². The van der Waals surface area contributed by atoms with Gasteiger partial charge in [-0.3, -0.25) is 4.90 Å². The molecular weight excluding hydrogens is 404 g/mol. The molecule has 172 valence electrons. The molecule has 2 aromatic carbocycles. The molecule has 0 spiro atoms. The lowest BCUT2D eigenvalue weighted by Crippen LogP contribution is -2.55. The first-order chi connectivity index (χ1) is 16.2. The van der Waals surface area contributed by atoms with Crippen LogP contribution in [0.15, 0.2) is 66.7 Å². The molecule has 2 bridgehead atoms. The van der Waals surface area contributed by atoms with E-state index in [2.05, 4.69) is 97.1 Å². The Labute approximate surface area is 198 Å². The van der Waals surface area contributed by atoms with Gasteiger partial charge >= 0.3 is 0 Å². The molecule has 3 aromatic rings. The zero-order valence-corrected chi connectivity index (χ0v) is 20.2. The Morgan fingerprint density at radius 2 is 1.82 bits per heavy atom. The Morgan fingerprint density at radius 3 is 2.55 bits per heavy atom. The lowest BCUT2D eigenvalue weighted by atomic mass is 9.65. The van der Waals surface area contributed by atoms with Crippen molar-refractivity contribution in [2.24, 2.45) is 24.8 Å². The molecule has 5 rings (SSSR count). The Morgan fingerprint density at radius 1 is 1.06 bits per heavy atom. The highest BCUT2D eigenvalue weighted by molar-refractivity contribution is 5.86. The van der Waals surface area contributed by atoms with Crippen molar-refractivity contribution in [3.05, 3.63) is 83.6 Å². The van der Waals surface area contributed by atoms with Gasteiger partial charge in [-0.05, 0) is 54.7 Å². The molecule has 0 N–H and O–H groups in total. The van der Waals surface area contributed by atoms with E-state index in [1.54, 1.807) is 0 Å². The Kier molecular flexibility index (Phi) is 6.25. The van der Waals surface area contributed by atoms with Crippen LogP contribution in [-0.2, 0) is 24.8 Å². The minimum atomic E-state index is 0.0588. The van der Waals surface area contributed by atoms with E-state index in [-0.39, 0.29) is 12.0 Å². The van der Waals surface area contributed by atoms with Gasteiger partial charge in [0.2, 0.25) is 0 Å². The third kappa shape index (κ3) is 3.77. The number of benzene rings is 2. The number of carbonyl (C=O) groups is 1. The van der Waals surface area contributed by atoms with Crippen LogP contribution < -0.4 is 0 Å². The van der Waals surface area contributed by atoms with Crippen molar-refractivity contribution in [1.29, 1.82) is 0 Å². The van der Waals surface area contributed by atoms with E-state index < -0.39 is 0 Å². The SMILES string of the molecule is CC/C=C/[C@H](CC)[C@H]1C[C@H]2c3c(c4ccccc4n3C)C[C@@H]([C@@H]1C=O)N2Cc1ccccc1. The molecule has 2 aliphatic rings. The van der Waals surface area contributed by atoms with Crippen molar-refractivity contribution in [1.82, 2.24) is 9.47 Å². The number of aromatic nitrogens is 1. The topological polar surface area (TPSA) is 25.2 Å². The summed E-state index contributed by atoms with van der Waals surface area (Å²) >= 11 is 0. The number of hydrogen-bond acceptors (Lipinski definition) is 2. The number of rotatable bonds is 7. The second kappa shape index (κ2) is 9.30. The first kappa shape index (κ1) is 22.2. The van der Waals surface area contributed by atoms with Crippen molar-refractivity contribution in [3.63, 3.8) is 0 Å². The number of aryl methyl sites for hydroxylation is 1. The number of fused-ring (bicyclic) bond motifs is 6. The van der Waals surface area contributed by atoms with Crippen LogP contribution in [0.4, 0.5) is 0 Å². The van der Waals surface area contributed by atoms with Crippen LogP contribution in [0.3, 0.4) is 0 Å². The fourth-order valence-corrected chi connectivity index (χ4v) is 6.72. The standard InChI is InChI=1S/C30H36N2O/c1-4-6-14-22(5-2)24-17-29-30-25(23-15-10-11-16-27(23)31(30)3)18-28(26(24)20-33)32(29)19-21-12-8-7-9-13-21/h6-16,20,22,24,26,28-29H,4-5,17-19H2,1-3H3/b14-6+/t22-,24+,26+,28-,29-/m0/s1. The van der Waals surface area contributed by atoms with Gasteiger partial charge in [0.05, 0.1) is 6.04 Å². The van der Waals surface area contributed by atoms with Crippen LogP contribution in [0.2, 0.25) is 0 Å². The molecule has 1 aromatic heterocycles. The summed E-state index contributed by atoms with van der Waals surface area (Å²) < 4.78 is 2.44. The van der Waals surface area contributed by atoms with Crippen LogP contribution in [0, 0.1) is 17.8 Å². The highest BCUT2D eigenvalue weighted by Crippen LogP contribution is 2.51. The summed E-state index contributed by atoms with van der Waals surface area (Å²) in [6, 6.07) is 20.2. The molecule has 3 heteroatoms. The third-order valence-corrected chi connectivity index (χ3v) is 8.26. The van der Waals surface area contributed by atoms with E-state index in [9.17, 15) is 4.79 Å². The molecule has 1 fully saturated rings. The summed E-state index contributed by atoms with van der Waals surface area (Å²) in [5.74, 6) is 0.910. The molecule has 0 radical (unpaired) electrons. The fraction of sp³-hybridized carbons (Fsp3) is 0.433. The second-order valence-corrected chi connectivity index (χ2v) is 9.91. The maximum absolute atomic E-state index is 12.7. The van der Waals surface area contributed by atoms with Crippen molar-refractivity contribution < 1.29 is 4.79 Å². The van der Waals surface area contributed by atoms with Crippen LogP contribution in [0.25, 0.3) is 10.9 Å². The monoisotopic (exact) mass is 440 g/mol. The first-order valence-corrected chi connectivity index (χ1v) is 12.7. The van der Waals surface area contributed by atoms with E-state index >= 15 is 0 Å². The average molecular weight is 441 g/mol. The number of allylic oxidation sites excluding steroid dienone is 2. The van der Waals surface area contributed by atoms with Gasteiger partial charge in [-0.25, -0.2) is 0 Å². The molecule has 0 saturated carbocycles. The van der Waals surface area contributed by atoms with Gasteiger partial charge in [0.15, 0.2) is 0 Å². The normalized spacial score (nSPS) is 25.9. The predicted molar refractivity (Wildman–Crippen MR) is 136 cm³/mol. The van der Waals surface area contributed by atoms with E-state index in [1.807, 2.05) is 0 Å². The van der Waals surface area contributed by atoms with Crippen LogP contribution >= 0.6 is 0 Å². The summed E-state index contributed by atoms with van der Waals surface area (Å²) in [7, 11) is 2.23. The number of carbonyl (C=O) groups excluding carboxylic acids is 1. The molecule has 5 atom stereocenters. The Balaban J connectivity index is 1.63. The Hall–Kier alpha value is -2.65. The zero-order valence-electron chi connectivity index (χ0n) is 20.2. The molecule has 3 heterocycles. The zero-order chi connectivity index (χ0) is 22.9. The van der Waals surface area contributed by atoms with E-state index in [0.717, 1.165) is 32.2 Å². The van der Waals surface area contributed by atoms with Gasteiger partial charge in [0, 0.05) is 42.1 Å². The summed E-state index contributed by atoms with van der Waals surface area (Å²) in [4.78, 5) is 15.3. The molecule has 0 amide bonds. The average Bonchev–Trinajstić information content (AvgIpc) is 3.12. The lowest BCUT2D eigenvalue weighted by molar-refractivity contribution is -0.122. The van der Waals surface area contributed by atoms with E-state index in [1.165, 1.54) is 34.0 Å². The minimum absolute atomic E-state index is 0.0588. The molecule has 0 aliphatic carbocycles. The van der Waals surface area contributed by atoms with Gasteiger partial charge < -0.3 is 9.36 Å². The summed E-state index contributed by atoms with van der Waals surface area (Å²) in [5, 5.41) is 1.37. The molecule has 33 heavy (non-hydrogen) atoms. The van der Waals surface area contributed by atoms with Gasteiger partial charge in [0.25, 0.3) is 0 Å². The molecule has 0 unspecified atom stereocenters. The molecule has 3 nitrogen and oxygen atoms in total. The number of aldehydes is 1. The highest BCUT2D eigenvalue weighted by Gasteiger charge is 2.49. The Bertz CT molecular complexity index is 1140. The first-order valence-electron chi connectivity index (χ1n) is 12.7. The summed E-state index contributed by atoms with van der Waals surface area (Å²) in [6.45, 7) is 5.37. The number of piperidine rings is 1. The summed E-state index contributed by atoms with van der Waals surface area (Å²) in [5.41, 5.74) is 5.57. The quantitative estimate of drug-likeness (QED) is 0.311. The van der Waals surface area contributed by atoms with Gasteiger partial charge in [-0.2, -0.15) is 0 Å². The summed E-state index contributed by atoms with van der Waals surface area (Å²) in [6.07, 6.45) is 10.1. The largest absolute Gasteiger partial charge is 0.346 e. The fourth-order valence-electron chi connectivity index (χ4n) is 6.72. The van der Waals surface area contributed by atoms with E-state index in [0.29, 0.717) is 17.9 Å². The van der Waals surface area contributed by atoms with Gasteiger partial charge in [-0.1, -0.05) is 74.5 Å². The second-order valence-electron chi connectivity index (χ2n) is 9.91. The third-order valence-electron chi connectivity index (χ3n) is 8.26.